The van der Waals surface area contributed by atoms with Crippen LogP contribution in [-0.4, -0.2) is 44.4 Å². The van der Waals surface area contributed by atoms with Crippen molar-refractivity contribution in [1.82, 2.24) is 19.7 Å². The molecule has 2 aromatic rings. The lowest BCUT2D eigenvalue weighted by atomic mass is 10.1. The first-order valence-electron chi connectivity index (χ1n) is 8.93. The van der Waals surface area contributed by atoms with E-state index in [1.807, 2.05) is 20.8 Å². The minimum Gasteiger partial charge on any atom is -0.444 e. The molecule has 1 fully saturated rings. The fourth-order valence-corrected chi connectivity index (χ4v) is 2.98. The SMILES string of the molecule is CC(C)(C)OC(=O)N1CCC(Cn2ccc(-c3nnc(C(F)F)o3)cc2=O)C1. The summed E-state index contributed by atoms with van der Waals surface area (Å²) >= 11 is 0. The van der Waals surface area contributed by atoms with Crippen molar-refractivity contribution in [1.29, 1.82) is 0 Å². The lowest BCUT2D eigenvalue weighted by Crippen LogP contribution is -2.35. The van der Waals surface area contributed by atoms with Gasteiger partial charge in [0.15, 0.2) is 0 Å². The molecule has 1 saturated heterocycles. The van der Waals surface area contributed by atoms with E-state index >= 15 is 0 Å². The highest BCUT2D eigenvalue weighted by Gasteiger charge is 2.30. The molecular weight excluding hydrogens is 374 g/mol. The highest BCUT2D eigenvalue weighted by molar-refractivity contribution is 5.68. The van der Waals surface area contributed by atoms with Crippen LogP contribution in [0.25, 0.3) is 11.5 Å². The lowest BCUT2D eigenvalue weighted by molar-refractivity contribution is 0.0287. The molecule has 1 aliphatic rings. The Morgan fingerprint density at radius 1 is 1.39 bits per heavy atom. The number of aromatic nitrogens is 3. The monoisotopic (exact) mass is 396 g/mol. The third-order valence-electron chi connectivity index (χ3n) is 4.26. The molecule has 0 aliphatic carbocycles. The maximum atomic E-state index is 12.5. The molecule has 0 aromatic carbocycles. The Balaban J connectivity index is 1.64. The molecule has 1 atom stereocenters. The molecule has 8 nitrogen and oxygen atoms in total. The second-order valence-corrected chi connectivity index (χ2v) is 7.73. The van der Waals surface area contributed by atoms with Crippen molar-refractivity contribution in [3.8, 4) is 11.5 Å². The van der Waals surface area contributed by atoms with E-state index in [1.54, 1.807) is 17.2 Å². The quantitative estimate of drug-likeness (QED) is 0.789. The number of hydrogen-bond acceptors (Lipinski definition) is 6. The summed E-state index contributed by atoms with van der Waals surface area (Å²) in [7, 11) is 0. The van der Waals surface area contributed by atoms with Gasteiger partial charge in [-0.3, -0.25) is 4.79 Å². The molecule has 0 bridgehead atoms. The fourth-order valence-electron chi connectivity index (χ4n) is 2.98. The normalized spacial score (nSPS) is 17.4. The summed E-state index contributed by atoms with van der Waals surface area (Å²) in [6, 6.07) is 2.83. The van der Waals surface area contributed by atoms with E-state index < -0.39 is 17.9 Å². The Kier molecular flexibility index (Phi) is 5.48. The number of rotatable bonds is 4. The van der Waals surface area contributed by atoms with Gasteiger partial charge < -0.3 is 18.6 Å². The van der Waals surface area contributed by atoms with Crippen molar-refractivity contribution in [3.05, 3.63) is 34.6 Å². The second-order valence-electron chi connectivity index (χ2n) is 7.73. The molecule has 0 N–H and O–H groups in total. The zero-order valence-electron chi connectivity index (χ0n) is 15.9. The Hall–Kier alpha value is -2.78. The zero-order chi connectivity index (χ0) is 20.5. The van der Waals surface area contributed by atoms with Gasteiger partial charge in [-0.2, -0.15) is 8.78 Å². The Labute approximate surface area is 160 Å². The topological polar surface area (TPSA) is 90.5 Å². The Bertz CT molecular complexity index is 903. The summed E-state index contributed by atoms with van der Waals surface area (Å²) in [6.45, 7) is 6.95. The molecular formula is C18H22F2N4O4. The first kappa shape index (κ1) is 20.0. The molecule has 3 heterocycles. The molecule has 0 saturated carbocycles. The van der Waals surface area contributed by atoms with E-state index in [0.29, 0.717) is 19.6 Å². The van der Waals surface area contributed by atoms with E-state index in [0.717, 1.165) is 6.42 Å². The molecule has 1 unspecified atom stereocenters. The van der Waals surface area contributed by atoms with Crippen molar-refractivity contribution < 1.29 is 22.7 Å². The predicted octanol–water partition coefficient (Wildman–Crippen LogP) is 3.09. The van der Waals surface area contributed by atoms with Gasteiger partial charge in [-0.05, 0) is 39.2 Å². The van der Waals surface area contributed by atoms with Crippen molar-refractivity contribution in [3.63, 3.8) is 0 Å². The Morgan fingerprint density at radius 2 is 2.14 bits per heavy atom. The summed E-state index contributed by atoms with van der Waals surface area (Å²) in [5.74, 6) is -0.797. The molecule has 2 aromatic heterocycles. The second kappa shape index (κ2) is 7.69. The van der Waals surface area contributed by atoms with Gasteiger partial charge in [0.2, 0.25) is 5.89 Å². The molecule has 0 spiro atoms. The van der Waals surface area contributed by atoms with Crippen LogP contribution in [0.3, 0.4) is 0 Å². The molecule has 152 valence electrons. The van der Waals surface area contributed by atoms with E-state index in [2.05, 4.69) is 10.2 Å². The van der Waals surface area contributed by atoms with E-state index in [4.69, 9.17) is 9.15 Å². The average Bonchev–Trinajstić information content (AvgIpc) is 3.24. The average molecular weight is 396 g/mol. The maximum absolute atomic E-state index is 12.5. The molecule has 10 heteroatoms. The third kappa shape index (κ3) is 4.73. The van der Waals surface area contributed by atoms with Gasteiger partial charge in [0.1, 0.15) is 5.60 Å². The van der Waals surface area contributed by atoms with Gasteiger partial charge in [0.25, 0.3) is 11.4 Å². The number of pyridine rings is 1. The summed E-state index contributed by atoms with van der Waals surface area (Å²) in [4.78, 5) is 26.1. The summed E-state index contributed by atoms with van der Waals surface area (Å²) in [5.41, 5.74) is -0.589. The minimum atomic E-state index is -2.86. The maximum Gasteiger partial charge on any atom is 0.410 e. The van der Waals surface area contributed by atoms with Crippen molar-refractivity contribution in [2.75, 3.05) is 13.1 Å². The van der Waals surface area contributed by atoms with Crippen LogP contribution in [0, 0.1) is 5.92 Å². The number of hydrogen-bond donors (Lipinski definition) is 0. The van der Waals surface area contributed by atoms with Gasteiger partial charge in [0, 0.05) is 37.5 Å². The van der Waals surface area contributed by atoms with E-state index in [1.165, 1.54) is 10.6 Å². The van der Waals surface area contributed by atoms with Crippen molar-refractivity contribution in [2.45, 2.75) is 45.8 Å². The molecule has 0 radical (unpaired) electrons. The van der Waals surface area contributed by atoms with Gasteiger partial charge in [-0.15, -0.1) is 10.2 Å². The van der Waals surface area contributed by atoms with E-state index in [9.17, 15) is 18.4 Å². The lowest BCUT2D eigenvalue weighted by Gasteiger charge is -2.24. The van der Waals surface area contributed by atoms with Crippen molar-refractivity contribution in [2.24, 2.45) is 5.92 Å². The summed E-state index contributed by atoms with van der Waals surface area (Å²) < 4.78 is 36.8. The Morgan fingerprint density at radius 3 is 2.75 bits per heavy atom. The summed E-state index contributed by atoms with van der Waals surface area (Å²) in [6.07, 6.45) is -0.907. The van der Waals surface area contributed by atoms with Crippen LogP contribution in [0.5, 0.6) is 0 Å². The van der Waals surface area contributed by atoms with Crippen LogP contribution in [-0.2, 0) is 11.3 Å². The van der Waals surface area contributed by atoms with Gasteiger partial charge in [0.05, 0.1) is 0 Å². The number of ether oxygens (including phenoxy) is 1. The number of halogens is 2. The van der Waals surface area contributed by atoms with Crippen LogP contribution >= 0.6 is 0 Å². The first-order valence-corrected chi connectivity index (χ1v) is 8.93. The van der Waals surface area contributed by atoms with E-state index in [-0.39, 0.29) is 29.0 Å². The van der Waals surface area contributed by atoms with Gasteiger partial charge in [-0.25, -0.2) is 4.79 Å². The van der Waals surface area contributed by atoms with Gasteiger partial charge in [-0.1, -0.05) is 0 Å². The van der Waals surface area contributed by atoms with Crippen LogP contribution in [0.1, 0.15) is 39.5 Å². The van der Waals surface area contributed by atoms with Crippen LogP contribution in [0.2, 0.25) is 0 Å². The number of alkyl halides is 2. The fraction of sp³-hybridized carbons (Fsp3) is 0.556. The number of carbonyl (C=O) groups is 1. The predicted molar refractivity (Wildman–Crippen MR) is 94.9 cm³/mol. The first-order chi connectivity index (χ1) is 13.1. The number of amides is 1. The number of likely N-dealkylation sites (tertiary alicyclic amines) is 1. The molecule has 3 rings (SSSR count). The van der Waals surface area contributed by atoms with Crippen LogP contribution < -0.4 is 5.56 Å². The van der Waals surface area contributed by atoms with Crippen LogP contribution in [0.4, 0.5) is 13.6 Å². The number of carbonyl (C=O) groups excluding carboxylic acids is 1. The summed E-state index contributed by atoms with van der Waals surface area (Å²) in [5, 5.41) is 6.79. The largest absolute Gasteiger partial charge is 0.444 e. The molecule has 1 amide bonds. The number of nitrogens with zero attached hydrogens (tertiary/aromatic N) is 4. The zero-order valence-corrected chi connectivity index (χ0v) is 15.9. The highest BCUT2D eigenvalue weighted by Crippen LogP contribution is 2.23. The third-order valence-corrected chi connectivity index (χ3v) is 4.26. The molecule has 1 aliphatic heterocycles. The van der Waals surface area contributed by atoms with Gasteiger partial charge >= 0.3 is 12.5 Å². The smallest absolute Gasteiger partial charge is 0.410 e. The minimum absolute atomic E-state index is 0.116. The van der Waals surface area contributed by atoms with Crippen LogP contribution in [0.15, 0.2) is 27.5 Å². The highest BCUT2D eigenvalue weighted by atomic mass is 19.3. The standard InChI is InChI=1S/C18H22F2N4O4/c1-18(2,3)28-17(26)24-6-4-11(10-24)9-23-7-5-12(8-13(23)25)15-21-22-16(27-15)14(19)20/h5,7-8,11,14H,4,6,9-10H2,1-3H3. The van der Waals surface area contributed by atoms with Crippen molar-refractivity contribution >= 4 is 6.09 Å². The molecule has 28 heavy (non-hydrogen) atoms.